The normalized spacial score (nSPS) is 26.9. The molecule has 1 aliphatic carbocycles. The SMILES string of the molecule is Cc1cc(Cl)c(S(=O)(=O)NC2CCC(C)C2C)cc1N. The van der Waals surface area contributed by atoms with E-state index < -0.39 is 10.0 Å². The molecule has 3 atom stereocenters. The maximum atomic E-state index is 12.5. The van der Waals surface area contributed by atoms with Crippen molar-refractivity contribution in [3.05, 3.63) is 22.7 Å². The van der Waals surface area contributed by atoms with Crippen LogP contribution in [0.4, 0.5) is 5.69 Å². The summed E-state index contributed by atoms with van der Waals surface area (Å²) >= 11 is 6.06. The van der Waals surface area contributed by atoms with Gasteiger partial charge in [-0.05, 0) is 49.3 Å². The molecule has 2 rings (SSSR count). The van der Waals surface area contributed by atoms with Crippen LogP contribution in [0.25, 0.3) is 0 Å². The van der Waals surface area contributed by atoms with E-state index in [2.05, 4.69) is 18.6 Å². The van der Waals surface area contributed by atoms with Gasteiger partial charge >= 0.3 is 0 Å². The molecule has 0 spiro atoms. The molecule has 0 aliphatic heterocycles. The van der Waals surface area contributed by atoms with Crippen LogP contribution in [0.15, 0.2) is 17.0 Å². The van der Waals surface area contributed by atoms with Crippen LogP contribution in [-0.4, -0.2) is 14.5 Å². The largest absolute Gasteiger partial charge is 0.398 e. The van der Waals surface area contributed by atoms with Gasteiger partial charge in [0.05, 0.1) is 5.02 Å². The minimum Gasteiger partial charge on any atom is -0.398 e. The monoisotopic (exact) mass is 316 g/mol. The van der Waals surface area contributed by atoms with Crippen molar-refractivity contribution in [3.8, 4) is 0 Å². The first-order valence-corrected chi connectivity index (χ1v) is 8.66. The summed E-state index contributed by atoms with van der Waals surface area (Å²) in [6, 6.07) is 2.99. The Morgan fingerprint density at radius 1 is 1.30 bits per heavy atom. The smallest absolute Gasteiger partial charge is 0.242 e. The molecule has 20 heavy (non-hydrogen) atoms. The summed E-state index contributed by atoms with van der Waals surface area (Å²) in [6.45, 7) is 6.03. The number of aryl methyl sites for hydroxylation is 1. The summed E-state index contributed by atoms with van der Waals surface area (Å²) < 4.78 is 27.7. The minimum absolute atomic E-state index is 0.0337. The van der Waals surface area contributed by atoms with E-state index in [9.17, 15) is 8.42 Å². The highest BCUT2D eigenvalue weighted by Gasteiger charge is 2.33. The molecule has 0 heterocycles. The molecular weight excluding hydrogens is 296 g/mol. The van der Waals surface area contributed by atoms with Crippen molar-refractivity contribution in [2.45, 2.75) is 44.6 Å². The highest BCUT2D eigenvalue weighted by molar-refractivity contribution is 7.89. The number of halogens is 1. The fourth-order valence-electron chi connectivity index (χ4n) is 2.67. The summed E-state index contributed by atoms with van der Waals surface area (Å²) in [5, 5.41) is 0.211. The Kier molecular flexibility index (Phi) is 4.33. The molecule has 1 saturated carbocycles. The number of hydrogen-bond acceptors (Lipinski definition) is 3. The molecular formula is C14H21ClN2O2S. The molecule has 0 aromatic heterocycles. The summed E-state index contributed by atoms with van der Waals surface area (Å²) in [4.78, 5) is 0.0639. The van der Waals surface area contributed by atoms with E-state index in [1.54, 1.807) is 13.0 Å². The zero-order valence-corrected chi connectivity index (χ0v) is 13.6. The fourth-order valence-corrected chi connectivity index (χ4v) is 4.65. The molecule has 1 aliphatic rings. The van der Waals surface area contributed by atoms with Crippen molar-refractivity contribution in [1.82, 2.24) is 4.72 Å². The Labute approximate surface area is 125 Å². The molecule has 0 radical (unpaired) electrons. The molecule has 6 heteroatoms. The van der Waals surface area contributed by atoms with E-state index in [0.717, 1.165) is 18.4 Å². The Morgan fingerprint density at radius 2 is 1.95 bits per heavy atom. The number of nitrogens with one attached hydrogen (secondary N) is 1. The third-order valence-corrected chi connectivity index (χ3v) is 6.34. The lowest BCUT2D eigenvalue weighted by atomic mass is 9.98. The van der Waals surface area contributed by atoms with Crippen molar-refractivity contribution >= 4 is 27.3 Å². The van der Waals surface area contributed by atoms with Crippen molar-refractivity contribution in [3.63, 3.8) is 0 Å². The van der Waals surface area contributed by atoms with Crippen LogP contribution in [0.3, 0.4) is 0 Å². The Bertz CT molecular complexity index is 616. The van der Waals surface area contributed by atoms with Gasteiger partial charge in [-0.1, -0.05) is 25.4 Å². The van der Waals surface area contributed by atoms with Crippen molar-refractivity contribution in [2.75, 3.05) is 5.73 Å². The number of nitrogens with two attached hydrogens (primary N) is 1. The topological polar surface area (TPSA) is 72.2 Å². The lowest BCUT2D eigenvalue weighted by Gasteiger charge is -2.20. The zero-order chi connectivity index (χ0) is 15.1. The van der Waals surface area contributed by atoms with Crippen molar-refractivity contribution < 1.29 is 8.42 Å². The van der Waals surface area contributed by atoms with Gasteiger partial charge in [0.25, 0.3) is 0 Å². The van der Waals surface area contributed by atoms with Gasteiger partial charge < -0.3 is 5.73 Å². The average molecular weight is 317 g/mol. The van der Waals surface area contributed by atoms with Gasteiger partial charge in [-0.25, -0.2) is 13.1 Å². The third kappa shape index (κ3) is 2.95. The maximum absolute atomic E-state index is 12.5. The van der Waals surface area contributed by atoms with Gasteiger partial charge in [-0.2, -0.15) is 0 Å². The van der Waals surface area contributed by atoms with Gasteiger partial charge in [0.1, 0.15) is 4.90 Å². The predicted molar refractivity (Wildman–Crippen MR) is 82.3 cm³/mol. The summed E-state index contributed by atoms with van der Waals surface area (Å²) in [7, 11) is -3.63. The van der Waals surface area contributed by atoms with E-state index in [4.69, 9.17) is 17.3 Å². The average Bonchev–Trinajstić information content (AvgIpc) is 2.65. The Morgan fingerprint density at radius 3 is 2.50 bits per heavy atom. The van der Waals surface area contributed by atoms with Gasteiger partial charge in [-0.15, -0.1) is 0 Å². The molecule has 3 unspecified atom stereocenters. The molecule has 4 nitrogen and oxygen atoms in total. The second-order valence-electron chi connectivity index (χ2n) is 5.78. The zero-order valence-electron chi connectivity index (χ0n) is 12.0. The lowest BCUT2D eigenvalue weighted by molar-refractivity contribution is 0.402. The van der Waals surface area contributed by atoms with Crippen LogP contribution < -0.4 is 10.5 Å². The Hall–Kier alpha value is -0.780. The third-order valence-electron chi connectivity index (χ3n) is 4.38. The van der Waals surface area contributed by atoms with Crippen molar-refractivity contribution in [2.24, 2.45) is 11.8 Å². The van der Waals surface area contributed by atoms with Gasteiger partial charge in [0.2, 0.25) is 10.0 Å². The molecule has 0 bridgehead atoms. The number of anilines is 1. The highest BCUT2D eigenvalue weighted by Crippen LogP contribution is 2.33. The van der Waals surface area contributed by atoms with Gasteiger partial charge in [-0.3, -0.25) is 0 Å². The van der Waals surface area contributed by atoms with Crippen LogP contribution in [0, 0.1) is 18.8 Å². The Balaban J connectivity index is 2.30. The summed E-state index contributed by atoms with van der Waals surface area (Å²) in [6.07, 6.45) is 1.90. The van der Waals surface area contributed by atoms with Gasteiger partial charge in [0, 0.05) is 11.7 Å². The van der Waals surface area contributed by atoms with Gasteiger partial charge in [0.15, 0.2) is 0 Å². The maximum Gasteiger partial charge on any atom is 0.242 e. The molecule has 1 aromatic rings. The van der Waals surface area contributed by atoms with Crippen molar-refractivity contribution in [1.29, 1.82) is 0 Å². The molecule has 3 N–H and O–H groups in total. The van der Waals surface area contributed by atoms with E-state index in [0.29, 0.717) is 17.5 Å². The number of rotatable bonds is 3. The summed E-state index contributed by atoms with van der Waals surface area (Å²) in [5.41, 5.74) is 7.00. The van der Waals surface area contributed by atoms with E-state index in [-0.39, 0.29) is 16.0 Å². The molecule has 0 amide bonds. The standard InChI is InChI=1S/C14H21ClN2O2S/c1-8-4-5-13(10(8)3)17-20(18,19)14-7-12(16)9(2)6-11(14)15/h6-8,10,13,17H,4-5,16H2,1-3H3. The second-order valence-corrected chi connectivity index (χ2v) is 7.87. The van der Waals surface area contributed by atoms with Crippen LogP contribution in [0.1, 0.15) is 32.3 Å². The van der Waals surface area contributed by atoms with Crippen LogP contribution >= 0.6 is 11.6 Å². The minimum atomic E-state index is -3.63. The quantitative estimate of drug-likeness (QED) is 0.842. The number of nitrogen functional groups attached to an aromatic ring is 1. The fraction of sp³-hybridized carbons (Fsp3) is 0.571. The van der Waals surface area contributed by atoms with Crippen LogP contribution in [0.2, 0.25) is 5.02 Å². The number of hydrogen-bond donors (Lipinski definition) is 2. The second kappa shape index (κ2) is 5.54. The van der Waals surface area contributed by atoms with E-state index in [1.807, 2.05) is 0 Å². The first-order chi connectivity index (χ1) is 9.22. The summed E-state index contributed by atoms with van der Waals surface area (Å²) in [5.74, 6) is 0.854. The molecule has 0 saturated heterocycles. The number of sulfonamides is 1. The number of benzene rings is 1. The molecule has 112 valence electrons. The highest BCUT2D eigenvalue weighted by atomic mass is 35.5. The molecule has 1 aromatic carbocycles. The van der Waals surface area contributed by atoms with Crippen LogP contribution in [0.5, 0.6) is 0 Å². The van der Waals surface area contributed by atoms with Crippen LogP contribution in [-0.2, 0) is 10.0 Å². The first-order valence-electron chi connectivity index (χ1n) is 6.80. The van der Waals surface area contributed by atoms with E-state index >= 15 is 0 Å². The molecule has 1 fully saturated rings. The lowest BCUT2D eigenvalue weighted by Crippen LogP contribution is -2.37. The van der Waals surface area contributed by atoms with E-state index in [1.165, 1.54) is 6.07 Å². The first kappa shape index (κ1) is 15.6. The predicted octanol–water partition coefficient (Wildman–Crippen LogP) is 2.94.